The third-order valence-electron chi connectivity index (χ3n) is 7.39. The van der Waals surface area contributed by atoms with Gasteiger partial charge in [0.15, 0.2) is 0 Å². The molecule has 0 saturated heterocycles. The smallest absolute Gasteiger partial charge is 0.108 e. The van der Waals surface area contributed by atoms with Crippen molar-refractivity contribution in [3.8, 4) is 0 Å². The highest BCUT2D eigenvalue weighted by Gasteiger charge is 2.30. The van der Waals surface area contributed by atoms with E-state index in [-0.39, 0.29) is 6.67 Å². The second-order valence-electron chi connectivity index (χ2n) is 9.33. The topological polar surface area (TPSA) is 0 Å². The van der Waals surface area contributed by atoms with E-state index in [9.17, 15) is 4.39 Å². The fraction of sp³-hybridized carbons (Fsp3) is 0.920. The molecule has 0 aromatic heterocycles. The number of allylic oxidation sites excluding steroid dienone is 2. The van der Waals surface area contributed by atoms with Gasteiger partial charge in [-0.15, -0.1) is 0 Å². The van der Waals surface area contributed by atoms with Crippen molar-refractivity contribution in [3.05, 3.63) is 12.2 Å². The number of hydrogen-bond acceptors (Lipinski definition) is 0. The van der Waals surface area contributed by atoms with Crippen LogP contribution in [0.3, 0.4) is 0 Å². The fourth-order valence-electron chi connectivity index (χ4n) is 5.59. The molecule has 2 fully saturated rings. The predicted octanol–water partition coefficient (Wildman–Crippen LogP) is 8.66. The Morgan fingerprint density at radius 3 is 1.77 bits per heavy atom. The largest absolute Gasteiger partial charge is 0.247 e. The molecule has 0 aliphatic heterocycles. The van der Waals surface area contributed by atoms with Crippen LogP contribution in [0.4, 0.5) is 4.39 Å². The number of alkyl halides is 1. The van der Waals surface area contributed by atoms with Crippen LogP contribution in [0.2, 0.25) is 0 Å². The van der Waals surface area contributed by atoms with Gasteiger partial charge in [-0.1, -0.05) is 83.3 Å². The first-order valence-electron chi connectivity index (χ1n) is 12.0. The third kappa shape index (κ3) is 8.57. The summed E-state index contributed by atoms with van der Waals surface area (Å²) in [5.41, 5.74) is 0. The molecule has 26 heavy (non-hydrogen) atoms. The maximum absolute atomic E-state index is 12.2. The molecule has 0 aromatic carbocycles. The molecule has 2 aliphatic carbocycles. The van der Waals surface area contributed by atoms with Crippen LogP contribution in [-0.4, -0.2) is 6.67 Å². The lowest BCUT2D eigenvalue weighted by atomic mass is 9.68. The SMILES string of the molecule is CCCCCCCCCC1CCC(C2CCC(C/C=C/CF)CC2)CC1. The molecule has 0 aromatic rings. The lowest BCUT2D eigenvalue weighted by molar-refractivity contribution is 0.143. The monoisotopic (exact) mass is 364 g/mol. The maximum atomic E-state index is 12.2. The van der Waals surface area contributed by atoms with Crippen molar-refractivity contribution in [2.45, 2.75) is 116 Å². The van der Waals surface area contributed by atoms with Gasteiger partial charge in [-0.05, 0) is 68.6 Å². The first-order chi connectivity index (χ1) is 12.8. The average molecular weight is 365 g/mol. The van der Waals surface area contributed by atoms with E-state index >= 15 is 0 Å². The molecular weight excluding hydrogens is 319 g/mol. The summed E-state index contributed by atoms with van der Waals surface area (Å²) in [6.45, 7) is 2.01. The Balaban J connectivity index is 1.50. The van der Waals surface area contributed by atoms with Crippen molar-refractivity contribution in [3.63, 3.8) is 0 Å². The van der Waals surface area contributed by atoms with Gasteiger partial charge in [-0.2, -0.15) is 0 Å². The predicted molar refractivity (Wildman–Crippen MR) is 113 cm³/mol. The summed E-state index contributed by atoms with van der Waals surface area (Å²) in [6.07, 6.45) is 28.2. The zero-order chi connectivity index (χ0) is 18.5. The van der Waals surface area contributed by atoms with Gasteiger partial charge in [0.25, 0.3) is 0 Å². The van der Waals surface area contributed by atoms with Crippen LogP contribution in [0.15, 0.2) is 12.2 Å². The molecule has 0 unspecified atom stereocenters. The lowest BCUT2D eigenvalue weighted by Crippen LogP contribution is -2.25. The standard InChI is InChI=1S/C25H45F/c1-2-3-4-5-6-7-8-11-22-13-17-24(18-14-22)25-19-15-23(16-20-25)12-9-10-21-26/h9-10,22-25H,2-8,11-21H2,1H3/b10-9+. The fourth-order valence-corrected chi connectivity index (χ4v) is 5.59. The number of rotatable bonds is 12. The van der Waals surface area contributed by atoms with Crippen molar-refractivity contribution in [2.24, 2.45) is 23.7 Å². The van der Waals surface area contributed by atoms with E-state index in [0.29, 0.717) is 0 Å². The molecule has 152 valence electrons. The van der Waals surface area contributed by atoms with Gasteiger partial charge in [-0.25, -0.2) is 4.39 Å². The molecule has 2 saturated carbocycles. The minimum absolute atomic E-state index is 0.294. The lowest BCUT2D eigenvalue weighted by Gasteiger charge is -2.37. The Morgan fingerprint density at radius 2 is 1.19 bits per heavy atom. The van der Waals surface area contributed by atoms with Crippen LogP contribution in [0.5, 0.6) is 0 Å². The first kappa shape index (κ1) is 22.0. The molecule has 2 rings (SSSR count). The van der Waals surface area contributed by atoms with Gasteiger partial charge in [0.05, 0.1) is 0 Å². The Kier molecular flexibility index (Phi) is 11.6. The highest BCUT2D eigenvalue weighted by atomic mass is 19.1. The molecular formula is C25H45F. The molecule has 0 radical (unpaired) electrons. The minimum atomic E-state index is -0.294. The summed E-state index contributed by atoms with van der Waals surface area (Å²) in [5.74, 6) is 3.92. The van der Waals surface area contributed by atoms with E-state index in [0.717, 1.165) is 30.1 Å². The van der Waals surface area contributed by atoms with Crippen LogP contribution < -0.4 is 0 Å². The Morgan fingerprint density at radius 1 is 0.654 bits per heavy atom. The maximum Gasteiger partial charge on any atom is 0.108 e. The summed E-state index contributed by atoms with van der Waals surface area (Å²) < 4.78 is 12.2. The van der Waals surface area contributed by atoms with E-state index in [2.05, 4.69) is 13.0 Å². The summed E-state index contributed by atoms with van der Waals surface area (Å²) in [7, 11) is 0. The van der Waals surface area contributed by atoms with Gasteiger partial charge in [0.1, 0.15) is 6.67 Å². The number of hydrogen-bond donors (Lipinski definition) is 0. The molecule has 0 nitrogen and oxygen atoms in total. The number of halogens is 1. The summed E-state index contributed by atoms with van der Waals surface area (Å²) in [5, 5.41) is 0. The Labute approximate surface area is 163 Å². The molecule has 1 heteroatoms. The quantitative estimate of drug-likeness (QED) is 0.240. The molecule has 0 bridgehead atoms. The average Bonchev–Trinajstić information content (AvgIpc) is 2.69. The second kappa shape index (κ2) is 13.8. The zero-order valence-corrected chi connectivity index (χ0v) is 17.6. The zero-order valence-electron chi connectivity index (χ0n) is 17.6. The number of unbranched alkanes of at least 4 members (excludes halogenated alkanes) is 6. The van der Waals surface area contributed by atoms with E-state index in [1.54, 1.807) is 6.08 Å². The molecule has 0 heterocycles. The van der Waals surface area contributed by atoms with E-state index in [4.69, 9.17) is 0 Å². The highest BCUT2D eigenvalue weighted by molar-refractivity contribution is 4.87. The normalized spacial score (nSPS) is 30.1. The van der Waals surface area contributed by atoms with Gasteiger partial charge in [-0.3, -0.25) is 0 Å². The highest BCUT2D eigenvalue weighted by Crippen LogP contribution is 2.42. The first-order valence-corrected chi connectivity index (χ1v) is 12.0. The second-order valence-corrected chi connectivity index (χ2v) is 9.33. The van der Waals surface area contributed by atoms with Crippen LogP contribution in [-0.2, 0) is 0 Å². The van der Waals surface area contributed by atoms with Crippen molar-refractivity contribution < 1.29 is 4.39 Å². The van der Waals surface area contributed by atoms with Crippen LogP contribution in [0, 0.1) is 23.7 Å². The molecule has 0 spiro atoms. The Hall–Kier alpha value is -0.330. The van der Waals surface area contributed by atoms with Gasteiger partial charge in [0.2, 0.25) is 0 Å². The summed E-state index contributed by atoms with van der Waals surface area (Å²) in [4.78, 5) is 0. The van der Waals surface area contributed by atoms with E-state index in [1.165, 1.54) is 103 Å². The van der Waals surface area contributed by atoms with Gasteiger partial charge < -0.3 is 0 Å². The summed E-state index contributed by atoms with van der Waals surface area (Å²) in [6, 6.07) is 0. The van der Waals surface area contributed by atoms with Crippen molar-refractivity contribution in [2.75, 3.05) is 6.67 Å². The van der Waals surface area contributed by atoms with Gasteiger partial charge >= 0.3 is 0 Å². The molecule has 2 aliphatic rings. The van der Waals surface area contributed by atoms with Crippen molar-refractivity contribution in [1.82, 2.24) is 0 Å². The van der Waals surface area contributed by atoms with Crippen molar-refractivity contribution in [1.29, 1.82) is 0 Å². The third-order valence-corrected chi connectivity index (χ3v) is 7.39. The van der Waals surface area contributed by atoms with E-state index < -0.39 is 0 Å². The molecule has 0 amide bonds. The van der Waals surface area contributed by atoms with Crippen molar-refractivity contribution >= 4 is 0 Å². The van der Waals surface area contributed by atoms with Crippen LogP contribution >= 0.6 is 0 Å². The molecule has 0 atom stereocenters. The molecule has 0 N–H and O–H groups in total. The summed E-state index contributed by atoms with van der Waals surface area (Å²) >= 11 is 0. The van der Waals surface area contributed by atoms with Crippen LogP contribution in [0.1, 0.15) is 116 Å². The van der Waals surface area contributed by atoms with E-state index in [1.807, 2.05) is 0 Å². The van der Waals surface area contributed by atoms with Gasteiger partial charge in [0, 0.05) is 0 Å². The van der Waals surface area contributed by atoms with Crippen LogP contribution in [0.25, 0.3) is 0 Å². The minimum Gasteiger partial charge on any atom is -0.247 e. The Bertz CT molecular complexity index is 345.